The molecule has 1 N–H and O–H groups in total. The van der Waals surface area contributed by atoms with Gasteiger partial charge in [0.15, 0.2) is 0 Å². The minimum atomic E-state index is -0.430. The average molecular weight is 380 g/mol. The molecule has 138 valence electrons. The number of morpholine rings is 1. The minimum absolute atomic E-state index is 0.162. The first-order valence-electron chi connectivity index (χ1n) is 8.20. The Morgan fingerprint density at radius 3 is 3.12 bits per heavy atom. The predicted molar refractivity (Wildman–Crippen MR) is 96.2 cm³/mol. The highest BCUT2D eigenvalue weighted by atomic mass is 35.5. The molecule has 2 heterocycles. The van der Waals surface area contributed by atoms with E-state index in [1.165, 1.54) is 18.2 Å². The fourth-order valence-electron chi connectivity index (χ4n) is 2.58. The monoisotopic (exact) mass is 379 g/mol. The average Bonchev–Trinajstić information content (AvgIpc) is 2.63. The zero-order valence-corrected chi connectivity index (χ0v) is 15.0. The summed E-state index contributed by atoms with van der Waals surface area (Å²) in [6.07, 6.45) is -0.334. The van der Waals surface area contributed by atoms with E-state index in [0.717, 1.165) is 5.69 Å². The van der Waals surface area contributed by atoms with Crippen LogP contribution >= 0.6 is 11.6 Å². The lowest BCUT2D eigenvalue weighted by Gasteiger charge is -2.32. The summed E-state index contributed by atoms with van der Waals surface area (Å²) in [5.41, 5.74) is 0.822. The normalized spacial score (nSPS) is 17.0. The van der Waals surface area contributed by atoms with Crippen LogP contribution < -0.4 is 10.1 Å². The molecule has 8 heteroatoms. The van der Waals surface area contributed by atoms with Crippen LogP contribution in [0.2, 0.25) is 5.02 Å². The number of benzene rings is 1. The van der Waals surface area contributed by atoms with Crippen LogP contribution in [0.1, 0.15) is 5.69 Å². The van der Waals surface area contributed by atoms with E-state index < -0.39 is 5.82 Å². The molecule has 1 atom stereocenters. The van der Waals surface area contributed by atoms with Crippen molar-refractivity contribution in [2.45, 2.75) is 13.0 Å². The van der Waals surface area contributed by atoms with E-state index in [1.54, 1.807) is 11.0 Å². The highest BCUT2D eigenvalue weighted by Crippen LogP contribution is 2.25. The molecule has 26 heavy (non-hydrogen) atoms. The van der Waals surface area contributed by atoms with Gasteiger partial charge in [-0.15, -0.1) is 0 Å². The van der Waals surface area contributed by atoms with Gasteiger partial charge in [0.1, 0.15) is 30.1 Å². The number of urea groups is 1. The van der Waals surface area contributed by atoms with Crippen molar-refractivity contribution in [3.63, 3.8) is 0 Å². The van der Waals surface area contributed by atoms with E-state index >= 15 is 0 Å². The number of aromatic nitrogens is 1. The molecule has 0 spiro atoms. The molecule has 3 rings (SSSR count). The van der Waals surface area contributed by atoms with Crippen LogP contribution in [0, 0.1) is 12.7 Å². The zero-order valence-electron chi connectivity index (χ0n) is 14.2. The molecule has 2 aromatic rings. The molecule has 2 amide bonds. The maximum absolute atomic E-state index is 13.3. The summed E-state index contributed by atoms with van der Waals surface area (Å²) >= 11 is 5.98. The first-order valence-corrected chi connectivity index (χ1v) is 8.58. The summed E-state index contributed by atoms with van der Waals surface area (Å²) in [5, 5.41) is 3.09. The summed E-state index contributed by atoms with van der Waals surface area (Å²) in [4.78, 5) is 18.3. The lowest BCUT2D eigenvalue weighted by molar-refractivity contribution is -0.0337. The maximum atomic E-state index is 13.3. The Kier molecular flexibility index (Phi) is 5.90. The number of rotatable bonds is 4. The number of amides is 2. The Hall–Kier alpha value is -2.38. The third kappa shape index (κ3) is 4.83. The van der Waals surface area contributed by atoms with Crippen LogP contribution in [0.25, 0.3) is 0 Å². The van der Waals surface area contributed by atoms with Crippen LogP contribution in [-0.4, -0.2) is 48.3 Å². The van der Waals surface area contributed by atoms with Crippen molar-refractivity contribution < 1.29 is 18.7 Å². The number of nitrogens with one attached hydrogen (secondary N) is 1. The lowest BCUT2D eigenvalue weighted by atomic mass is 10.3. The highest BCUT2D eigenvalue weighted by Gasteiger charge is 2.25. The van der Waals surface area contributed by atoms with Gasteiger partial charge in [-0.25, -0.2) is 14.2 Å². The molecular formula is C18H19ClFN3O3. The molecule has 1 aliphatic heterocycles. The number of hydrogen-bond acceptors (Lipinski definition) is 4. The molecule has 0 radical (unpaired) electrons. The van der Waals surface area contributed by atoms with Crippen molar-refractivity contribution in [2.75, 3.05) is 31.6 Å². The number of hydrogen-bond donors (Lipinski definition) is 1. The summed E-state index contributed by atoms with van der Waals surface area (Å²) < 4.78 is 24.5. The van der Waals surface area contributed by atoms with Crippen molar-refractivity contribution in [1.82, 2.24) is 9.88 Å². The number of ether oxygens (including phenoxy) is 2. The SMILES string of the molecule is Cc1cccc(NC(=O)N2CCOC(COc3cc(F)ccc3Cl)C2)n1. The van der Waals surface area contributed by atoms with Crippen molar-refractivity contribution in [2.24, 2.45) is 0 Å². The van der Waals surface area contributed by atoms with E-state index in [0.29, 0.717) is 30.5 Å². The topological polar surface area (TPSA) is 63.7 Å². The Balaban J connectivity index is 1.55. The van der Waals surface area contributed by atoms with Crippen LogP contribution in [0.3, 0.4) is 0 Å². The second kappa shape index (κ2) is 8.33. The Labute approximate surface area is 155 Å². The third-order valence-electron chi connectivity index (χ3n) is 3.87. The van der Waals surface area contributed by atoms with E-state index in [2.05, 4.69) is 10.3 Å². The Bertz CT molecular complexity index is 790. The van der Waals surface area contributed by atoms with E-state index in [-0.39, 0.29) is 24.5 Å². The van der Waals surface area contributed by atoms with E-state index in [4.69, 9.17) is 21.1 Å². The second-order valence-electron chi connectivity index (χ2n) is 5.92. The van der Waals surface area contributed by atoms with Crippen molar-refractivity contribution >= 4 is 23.4 Å². The summed E-state index contributed by atoms with van der Waals surface area (Å²) in [7, 11) is 0. The number of carbonyl (C=O) groups excluding carboxylic acids is 1. The number of anilines is 1. The fraction of sp³-hybridized carbons (Fsp3) is 0.333. The Morgan fingerprint density at radius 1 is 1.46 bits per heavy atom. The minimum Gasteiger partial charge on any atom is -0.489 e. The molecule has 1 fully saturated rings. The van der Waals surface area contributed by atoms with Crippen LogP contribution in [0.4, 0.5) is 15.0 Å². The van der Waals surface area contributed by atoms with Gasteiger partial charge in [0.2, 0.25) is 0 Å². The van der Waals surface area contributed by atoms with Gasteiger partial charge in [-0.1, -0.05) is 17.7 Å². The molecule has 1 aliphatic rings. The number of aryl methyl sites for hydroxylation is 1. The molecule has 1 saturated heterocycles. The quantitative estimate of drug-likeness (QED) is 0.883. The fourth-order valence-corrected chi connectivity index (χ4v) is 2.75. The van der Waals surface area contributed by atoms with E-state index in [9.17, 15) is 9.18 Å². The number of nitrogens with zero attached hydrogens (tertiary/aromatic N) is 2. The van der Waals surface area contributed by atoms with Crippen molar-refractivity contribution in [3.8, 4) is 5.75 Å². The number of pyridine rings is 1. The van der Waals surface area contributed by atoms with Gasteiger partial charge in [0.25, 0.3) is 0 Å². The molecule has 1 aromatic carbocycles. The second-order valence-corrected chi connectivity index (χ2v) is 6.33. The number of halogens is 2. The number of carbonyl (C=O) groups is 1. The zero-order chi connectivity index (χ0) is 18.5. The molecule has 1 aromatic heterocycles. The smallest absolute Gasteiger partial charge is 0.323 e. The maximum Gasteiger partial charge on any atom is 0.323 e. The first-order chi connectivity index (χ1) is 12.5. The Morgan fingerprint density at radius 2 is 2.31 bits per heavy atom. The van der Waals surface area contributed by atoms with Gasteiger partial charge in [0.05, 0.1) is 18.2 Å². The first kappa shape index (κ1) is 18.4. The van der Waals surface area contributed by atoms with Gasteiger partial charge in [-0.05, 0) is 31.2 Å². The van der Waals surface area contributed by atoms with Crippen molar-refractivity contribution in [3.05, 3.63) is 52.9 Å². The molecule has 0 bridgehead atoms. The van der Waals surface area contributed by atoms with Crippen molar-refractivity contribution in [1.29, 1.82) is 0 Å². The van der Waals surface area contributed by atoms with Crippen LogP contribution in [0.15, 0.2) is 36.4 Å². The van der Waals surface area contributed by atoms with Gasteiger partial charge >= 0.3 is 6.03 Å². The molecule has 0 saturated carbocycles. The van der Waals surface area contributed by atoms with Gasteiger partial charge < -0.3 is 14.4 Å². The molecular weight excluding hydrogens is 361 g/mol. The summed E-state index contributed by atoms with van der Waals surface area (Å²) in [6.45, 7) is 3.23. The summed E-state index contributed by atoms with van der Waals surface area (Å²) in [6, 6.07) is 9.09. The highest BCUT2D eigenvalue weighted by molar-refractivity contribution is 6.32. The molecule has 1 unspecified atom stereocenters. The summed E-state index contributed by atoms with van der Waals surface area (Å²) in [5.74, 6) is 0.322. The van der Waals surface area contributed by atoms with Crippen LogP contribution in [-0.2, 0) is 4.74 Å². The van der Waals surface area contributed by atoms with E-state index in [1.807, 2.05) is 19.1 Å². The lowest BCUT2D eigenvalue weighted by Crippen LogP contribution is -2.49. The molecule has 6 nitrogen and oxygen atoms in total. The van der Waals surface area contributed by atoms with Gasteiger partial charge in [-0.3, -0.25) is 5.32 Å². The third-order valence-corrected chi connectivity index (χ3v) is 4.18. The largest absolute Gasteiger partial charge is 0.489 e. The van der Waals surface area contributed by atoms with Gasteiger partial charge in [0, 0.05) is 18.3 Å². The predicted octanol–water partition coefficient (Wildman–Crippen LogP) is 3.49. The van der Waals surface area contributed by atoms with Gasteiger partial charge in [-0.2, -0.15) is 0 Å². The molecule has 0 aliphatic carbocycles. The standard InChI is InChI=1S/C18H19ClFN3O3/c1-12-3-2-4-17(21-12)22-18(24)23-7-8-25-14(10-23)11-26-16-9-13(20)5-6-15(16)19/h2-6,9,14H,7-8,10-11H2,1H3,(H,21,22,24). The van der Waals surface area contributed by atoms with Crippen LogP contribution in [0.5, 0.6) is 5.75 Å².